The summed E-state index contributed by atoms with van der Waals surface area (Å²) in [6, 6.07) is 0. The van der Waals surface area contributed by atoms with Crippen molar-refractivity contribution >= 4 is 9.84 Å². The molecule has 0 aliphatic heterocycles. The summed E-state index contributed by atoms with van der Waals surface area (Å²) in [5.74, 6) is 0.243. The topological polar surface area (TPSA) is 72.0 Å². The van der Waals surface area contributed by atoms with Gasteiger partial charge in [0.15, 0.2) is 20.6 Å². The number of aromatic amines is 1. The molecule has 6 heteroatoms. The van der Waals surface area contributed by atoms with E-state index >= 15 is 0 Å². The molecule has 0 aliphatic rings. The van der Waals surface area contributed by atoms with E-state index in [0.717, 1.165) is 6.26 Å². The fourth-order valence-electron chi connectivity index (χ4n) is 0.674. The molecule has 0 amide bonds. The van der Waals surface area contributed by atoms with Gasteiger partial charge in [0.05, 0.1) is 13.3 Å². The van der Waals surface area contributed by atoms with E-state index in [1.807, 2.05) is 0 Å². The summed E-state index contributed by atoms with van der Waals surface area (Å²) in [5.41, 5.74) is 0. The zero-order chi connectivity index (χ0) is 8.48. The molecule has 11 heavy (non-hydrogen) atoms. The van der Waals surface area contributed by atoms with E-state index in [1.54, 1.807) is 0 Å². The number of methoxy groups -OCH3 is 1. The van der Waals surface area contributed by atoms with Gasteiger partial charge in [-0.3, -0.25) is 5.10 Å². The van der Waals surface area contributed by atoms with Crippen LogP contribution in [0.5, 0.6) is 5.75 Å². The number of H-pyrrole nitrogens is 1. The average molecular weight is 176 g/mol. The highest BCUT2D eigenvalue weighted by Crippen LogP contribution is 2.18. The fourth-order valence-corrected chi connectivity index (χ4v) is 1.39. The maximum atomic E-state index is 10.9. The second kappa shape index (κ2) is 2.54. The third-order valence-corrected chi connectivity index (χ3v) is 2.20. The number of nitrogens with one attached hydrogen (secondary N) is 1. The molecule has 0 saturated heterocycles. The number of rotatable bonds is 2. The molecular weight excluding hydrogens is 168 g/mol. The molecule has 0 radical (unpaired) electrons. The molecule has 0 bridgehead atoms. The van der Waals surface area contributed by atoms with Gasteiger partial charge in [0.2, 0.25) is 0 Å². The Bertz CT molecular complexity index is 340. The normalized spacial score (nSPS) is 11.5. The van der Waals surface area contributed by atoms with E-state index in [0.29, 0.717) is 0 Å². The van der Waals surface area contributed by atoms with Crippen LogP contribution in [0.4, 0.5) is 0 Å². The Morgan fingerprint density at radius 2 is 2.27 bits per heavy atom. The lowest BCUT2D eigenvalue weighted by molar-refractivity contribution is 0.402. The molecule has 0 aromatic carbocycles. The van der Waals surface area contributed by atoms with E-state index in [4.69, 9.17) is 4.74 Å². The molecule has 5 nitrogen and oxygen atoms in total. The fraction of sp³-hybridized carbons (Fsp3) is 0.400. The molecule has 0 spiro atoms. The molecule has 1 heterocycles. The predicted molar refractivity (Wildman–Crippen MR) is 38.2 cm³/mol. The van der Waals surface area contributed by atoms with Gasteiger partial charge in [0.25, 0.3) is 0 Å². The van der Waals surface area contributed by atoms with E-state index in [-0.39, 0.29) is 10.8 Å². The van der Waals surface area contributed by atoms with Gasteiger partial charge in [-0.2, -0.15) is 5.10 Å². The highest BCUT2D eigenvalue weighted by Gasteiger charge is 2.15. The lowest BCUT2D eigenvalue weighted by Gasteiger charge is -1.96. The standard InChI is InChI=1S/C5H8N2O3S/c1-10-4-3-6-7-5(4)11(2,8)9/h3H,1-2H3,(H,6,7). The largest absolute Gasteiger partial charge is 0.492 e. The van der Waals surface area contributed by atoms with Crippen molar-refractivity contribution in [3.8, 4) is 5.75 Å². The molecule has 0 fully saturated rings. The second-order valence-corrected chi connectivity index (χ2v) is 3.99. The molecule has 0 unspecified atom stereocenters. The summed E-state index contributed by atoms with van der Waals surface area (Å²) in [6.07, 6.45) is 2.40. The van der Waals surface area contributed by atoms with Crippen molar-refractivity contribution in [3.63, 3.8) is 0 Å². The first-order chi connectivity index (χ1) is 5.05. The number of ether oxygens (including phenoxy) is 1. The molecule has 1 aromatic rings. The zero-order valence-corrected chi connectivity index (χ0v) is 6.97. The van der Waals surface area contributed by atoms with Gasteiger partial charge in [-0.15, -0.1) is 0 Å². The molecule has 1 rings (SSSR count). The van der Waals surface area contributed by atoms with E-state index in [9.17, 15) is 8.42 Å². The monoisotopic (exact) mass is 176 g/mol. The van der Waals surface area contributed by atoms with Crippen molar-refractivity contribution in [3.05, 3.63) is 6.20 Å². The van der Waals surface area contributed by atoms with Crippen molar-refractivity contribution in [2.24, 2.45) is 0 Å². The molecule has 0 aliphatic carbocycles. The quantitative estimate of drug-likeness (QED) is 0.678. The van der Waals surface area contributed by atoms with Crippen LogP contribution in [0.2, 0.25) is 0 Å². The molecule has 62 valence electrons. The van der Waals surface area contributed by atoms with Crippen molar-refractivity contribution < 1.29 is 13.2 Å². The Kier molecular flexibility index (Phi) is 1.86. The second-order valence-electron chi connectivity index (χ2n) is 2.04. The van der Waals surface area contributed by atoms with Crippen molar-refractivity contribution in [2.45, 2.75) is 5.03 Å². The molecule has 1 aromatic heterocycles. The van der Waals surface area contributed by atoms with Gasteiger partial charge in [0.1, 0.15) is 0 Å². The lowest BCUT2D eigenvalue weighted by atomic mass is 10.7. The minimum Gasteiger partial charge on any atom is -0.492 e. The third kappa shape index (κ3) is 1.51. The van der Waals surface area contributed by atoms with E-state index in [2.05, 4.69) is 10.2 Å². The van der Waals surface area contributed by atoms with Crippen LogP contribution >= 0.6 is 0 Å². The zero-order valence-electron chi connectivity index (χ0n) is 6.16. The summed E-state index contributed by atoms with van der Waals surface area (Å²) >= 11 is 0. The SMILES string of the molecule is COc1cn[nH]c1S(C)(=O)=O. The summed E-state index contributed by atoms with van der Waals surface area (Å²) in [4.78, 5) is 0. The molecule has 0 saturated carbocycles. The highest BCUT2D eigenvalue weighted by molar-refractivity contribution is 7.90. The number of hydrogen-bond acceptors (Lipinski definition) is 4. The van der Waals surface area contributed by atoms with Gasteiger partial charge in [-0.1, -0.05) is 0 Å². The Morgan fingerprint density at radius 3 is 2.64 bits per heavy atom. The Hall–Kier alpha value is -1.04. The maximum Gasteiger partial charge on any atom is 0.195 e. The van der Waals surface area contributed by atoms with Crippen LogP contribution in [0.15, 0.2) is 11.2 Å². The van der Waals surface area contributed by atoms with Gasteiger partial charge in [-0.25, -0.2) is 8.42 Å². The predicted octanol–water partition coefficient (Wildman–Crippen LogP) is -0.178. The lowest BCUT2D eigenvalue weighted by Crippen LogP contribution is -1.99. The number of aromatic nitrogens is 2. The minimum absolute atomic E-state index is 0.0139. The van der Waals surface area contributed by atoms with E-state index in [1.165, 1.54) is 13.3 Å². The number of nitrogens with zero attached hydrogens (tertiary/aromatic N) is 1. The van der Waals surface area contributed by atoms with Gasteiger partial charge in [-0.05, 0) is 0 Å². The summed E-state index contributed by atoms with van der Waals surface area (Å²) in [6.45, 7) is 0. The smallest absolute Gasteiger partial charge is 0.195 e. The first-order valence-corrected chi connectivity index (χ1v) is 4.72. The summed E-state index contributed by atoms with van der Waals surface area (Å²) in [7, 11) is -1.86. The summed E-state index contributed by atoms with van der Waals surface area (Å²) in [5, 5.41) is 5.88. The Labute approximate surface area is 64.3 Å². The number of hydrogen-bond donors (Lipinski definition) is 1. The van der Waals surface area contributed by atoms with Crippen LogP contribution in [-0.2, 0) is 9.84 Å². The van der Waals surface area contributed by atoms with Crippen LogP contribution in [0, 0.1) is 0 Å². The van der Waals surface area contributed by atoms with Crippen molar-refractivity contribution in [2.75, 3.05) is 13.4 Å². The maximum absolute atomic E-state index is 10.9. The molecular formula is C5H8N2O3S. The Balaban J connectivity index is 3.24. The Morgan fingerprint density at radius 1 is 1.64 bits per heavy atom. The van der Waals surface area contributed by atoms with Crippen molar-refractivity contribution in [1.29, 1.82) is 0 Å². The van der Waals surface area contributed by atoms with Crippen LogP contribution in [-0.4, -0.2) is 32.0 Å². The highest BCUT2D eigenvalue weighted by atomic mass is 32.2. The first kappa shape index (κ1) is 8.06. The third-order valence-electron chi connectivity index (χ3n) is 1.16. The van der Waals surface area contributed by atoms with Gasteiger partial charge in [0, 0.05) is 6.26 Å². The average Bonchev–Trinajstić information content (AvgIpc) is 2.31. The van der Waals surface area contributed by atoms with Crippen LogP contribution in [0.3, 0.4) is 0 Å². The van der Waals surface area contributed by atoms with Crippen molar-refractivity contribution in [1.82, 2.24) is 10.2 Å². The molecule has 1 N–H and O–H groups in total. The summed E-state index contributed by atoms with van der Waals surface area (Å²) < 4.78 is 26.6. The van der Waals surface area contributed by atoms with Crippen LogP contribution < -0.4 is 4.74 Å². The molecule has 0 atom stereocenters. The number of sulfone groups is 1. The van der Waals surface area contributed by atoms with E-state index < -0.39 is 9.84 Å². The van der Waals surface area contributed by atoms with Crippen LogP contribution in [0.1, 0.15) is 0 Å². The van der Waals surface area contributed by atoms with Gasteiger partial charge >= 0.3 is 0 Å². The first-order valence-electron chi connectivity index (χ1n) is 2.83. The van der Waals surface area contributed by atoms with Crippen LogP contribution in [0.25, 0.3) is 0 Å². The van der Waals surface area contributed by atoms with Gasteiger partial charge < -0.3 is 4.74 Å². The minimum atomic E-state index is -3.25.